The SMILES string of the molecule is CCOc1cncc(C(NN)c2cc(C)cc(F)c2)c1. The Bertz CT molecular complexity index is 569. The Balaban J connectivity index is 2.38. The highest BCUT2D eigenvalue weighted by atomic mass is 19.1. The van der Waals surface area contributed by atoms with Gasteiger partial charge in [0.05, 0.1) is 18.8 Å². The summed E-state index contributed by atoms with van der Waals surface area (Å²) in [6.07, 6.45) is 3.32. The minimum atomic E-state index is -0.336. The lowest BCUT2D eigenvalue weighted by atomic mass is 9.99. The molecule has 0 aliphatic heterocycles. The van der Waals surface area contributed by atoms with Crippen molar-refractivity contribution >= 4 is 0 Å². The molecule has 1 unspecified atom stereocenters. The van der Waals surface area contributed by atoms with E-state index in [0.717, 1.165) is 16.7 Å². The molecule has 1 aromatic carbocycles. The number of halogens is 1. The number of nitrogens with zero attached hydrogens (tertiary/aromatic N) is 1. The first kappa shape index (κ1) is 14.4. The molecule has 1 aromatic heterocycles. The summed E-state index contributed by atoms with van der Waals surface area (Å²) in [6, 6.07) is 6.34. The van der Waals surface area contributed by atoms with Gasteiger partial charge in [-0.3, -0.25) is 10.8 Å². The third-order valence-corrected chi connectivity index (χ3v) is 2.94. The fourth-order valence-corrected chi connectivity index (χ4v) is 2.16. The Morgan fingerprint density at radius 2 is 2.05 bits per heavy atom. The van der Waals surface area contributed by atoms with Gasteiger partial charge in [-0.1, -0.05) is 6.07 Å². The monoisotopic (exact) mass is 275 g/mol. The number of hydrogen-bond donors (Lipinski definition) is 2. The van der Waals surface area contributed by atoms with Crippen LogP contribution < -0.4 is 16.0 Å². The number of nitrogens with one attached hydrogen (secondary N) is 1. The zero-order valence-corrected chi connectivity index (χ0v) is 11.6. The van der Waals surface area contributed by atoms with Crippen LogP contribution in [0.2, 0.25) is 0 Å². The summed E-state index contributed by atoms with van der Waals surface area (Å²) in [5.41, 5.74) is 5.11. The highest BCUT2D eigenvalue weighted by molar-refractivity contribution is 5.36. The molecular weight excluding hydrogens is 257 g/mol. The summed E-state index contributed by atoms with van der Waals surface area (Å²) in [4.78, 5) is 4.13. The Kier molecular flexibility index (Phi) is 4.65. The average Bonchev–Trinajstić information content (AvgIpc) is 2.39. The van der Waals surface area contributed by atoms with Crippen molar-refractivity contribution in [2.24, 2.45) is 5.84 Å². The maximum atomic E-state index is 13.5. The van der Waals surface area contributed by atoms with Crippen molar-refractivity contribution in [3.8, 4) is 5.75 Å². The van der Waals surface area contributed by atoms with Gasteiger partial charge in [-0.2, -0.15) is 0 Å². The van der Waals surface area contributed by atoms with Gasteiger partial charge in [0.2, 0.25) is 0 Å². The number of nitrogens with two attached hydrogens (primary N) is 1. The third-order valence-electron chi connectivity index (χ3n) is 2.94. The van der Waals surface area contributed by atoms with Crippen LogP contribution in [0, 0.1) is 12.7 Å². The predicted molar refractivity (Wildman–Crippen MR) is 75.7 cm³/mol. The van der Waals surface area contributed by atoms with E-state index in [4.69, 9.17) is 10.6 Å². The molecule has 5 heteroatoms. The van der Waals surface area contributed by atoms with E-state index in [-0.39, 0.29) is 11.9 Å². The highest BCUT2D eigenvalue weighted by Gasteiger charge is 2.15. The summed E-state index contributed by atoms with van der Waals surface area (Å²) in [6.45, 7) is 4.31. The first-order valence-electron chi connectivity index (χ1n) is 6.45. The van der Waals surface area contributed by atoms with Crippen molar-refractivity contribution in [2.45, 2.75) is 19.9 Å². The molecule has 0 spiro atoms. The second kappa shape index (κ2) is 6.45. The van der Waals surface area contributed by atoms with E-state index in [0.29, 0.717) is 12.4 Å². The zero-order valence-electron chi connectivity index (χ0n) is 11.6. The van der Waals surface area contributed by atoms with Crippen LogP contribution in [0.15, 0.2) is 36.7 Å². The van der Waals surface area contributed by atoms with Crippen LogP contribution in [0.25, 0.3) is 0 Å². The molecule has 0 amide bonds. The van der Waals surface area contributed by atoms with Gasteiger partial charge in [-0.25, -0.2) is 9.82 Å². The predicted octanol–water partition coefficient (Wildman–Crippen LogP) is 2.48. The van der Waals surface area contributed by atoms with Gasteiger partial charge in [0.1, 0.15) is 11.6 Å². The van der Waals surface area contributed by atoms with Crippen molar-refractivity contribution in [1.82, 2.24) is 10.4 Å². The first-order valence-corrected chi connectivity index (χ1v) is 6.45. The Labute approximate surface area is 117 Å². The van der Waals surface area contributed by atoms with E-state index in [9.17, 15) is 4.39 Å². The molecule has 20 heavy (non-hydrogen) atoms. The van der Waals surface area contributed by atoms with E-state index < -0.39 is 0 Å². The summed E-state index contributed by atoms with van der Waals surface area (Å²) in [5.74, 6) is 6.00. The molecule has 0 fully saturated rings. The molecule has 1 atom stereocenters. The lowest BCUT2D eigenvalue weighted by Gasteiger charge is -2.18. The molecule has 0 aliphatic carbocycles. The van der Waals surface area contributed by atoms with Crippen LogP contribution in [-0.4, -0.2) is 11.6 Å². The number of benzene rings is 1. The molecule has 0 bridgehead atoms. The minimum Gasteiger partial charge on any atom is -0.492 e. The van der Waals surface area contributed by atoms with Gasteiger partial charge in [0, 0.05) is 6.20 Å². The van der Waals surface area contributed by atoms with E-state index >= 15 is 0 Å². The van der Waals surface area contributed by atoms with Gasteiger partial charge >= 0.3 is 0 Å². The maximum Gasteiger partial charge on any atom is 0.137 e. The molecule has 3 N–H and O–H groups in total. The van der Waals surface area contributed by atoms with Crippen LogP contribution in [0.1, 0.15) is 29.7 Å². The van der Waals surface area contributed by atoms with Crippen molar-refractivity contribution in [2.75, 3.05) is 6.61 Å². The largest absolute Gasteiger partial charge is 0.492 e. The summed E-state index contributed by atoms with van der Waals surface area (Å²) in [7, 11) is 0. The van der Waals surface area contributed by atoms with Crippen molar-refractivity contribution in [1.29, 1.82) is 0 Å². The van der Waals surface area contributed by atoms with Crippen LogP contribution in [-0.2, 0) is 0 Å². The van der Waals surface area contributed by atoms with Crippen molar-refractivity contribution in [3.05, 3.63) is 59.2 Å². The van der Waals surface area contributed by atoms with E-state index in [1.807, 2.05) is 26.0 Å². The average molecular weight is 275 g/mol. The fraction of sp³-hybridized carbons (Fsp3) is 0.267. The number of hydrogen-bond acceptors (Lipinski definition) is 4. The molecule has 106 valence electrons. The molecule has 1 heterocycles. The lowest BCUT2D eigenvalue weighted by Crippen LogP contribution is -2.29. The quantitative estimate of drug-likeness (QED) is 0.650. The number of rotatable bonds is 5. The number of pyridine rings is 1. The lowest BCUT2D eigenvalue weighted by molar-refractivity contribution is 0.338. The molecule has 0 aliphatic rings. The topological polar surface area (TPSA) is 60.2 Å². The zero-order chi connectivity index (χ0) is 14.5. The number of hydrazine groups is 1. The summed E-state index contributed by atoms with van der Waals surface area (Å²) >= 11 is 0. The normalized spacial score (nSPS) is 12.2. The second-order valence-electron chi connectivity index (χ2n) is 4.55. The molecule has 4 nitrogen and oxygen atoms in total. The third kappa shape index (κ3) is 3.31. The summed E-state index contributed by atoms with van der Waals surface area (Å²) < 4.78 is 19.0. The minimum absolute atomic E-state index is 0.283. The van der Waals surface area contributed by atoms with Crippen molar-refractivity contribution in [3.63, 3.8) is 0 Å². The Morgan fingerprint density at radius 3 is 2.70 bits per heavy atom. The first-order chi connectivity index (χ1) is 9.63. The van der Waals surface area contributed by atoms with Crippen molar-refractivity contribution < 1.29 is 9.13 Å². The van der Waals surface area contributed by atoms with Gasteiger partial charge in [0.15, 0.2) is 0 Å². The van der Waals surface area contributed by atoms with Crippen LogP contribution >= 0.6 is 0 Å². The van der Waals surface area contributed by atoms with Crippen LogP contribution in [0.4, 0.5) is 4.39 Å². The van der Waals surface area contributed by atoms with E-state index in [2.05, 4.69) is 10.4 Å². The number of ether oxygens (including phenoxy) is 1. The standard InChI is InChI=1S/C15H18FN3O/c1-3-20-14-7-12(8-18-9-14)15(19-17)11-4-10(2)5-13(16)6-11/h4-9,15,19H,3,17H2,1-2H3. The highest BCUT2D eigenvalue weighted by Crippen LogP contribution is 2.25. The number of aromatic nitrogens is 1. The Hall–Kier alpha value is -1.98. The molecule has 0 radical (unpaired) electrons. The fourth-order valence-electron chi connectivity index (χ4n) is 2.16. The maximum absolute atomic E-state index is 13.5. The van der Waals surface area contributed by atoms with Crippen LogP contribution in [0.3, 0.4) is 0 Å². The van der Waals surface area contributed by atoms with E-state index in [1.54, 1.807) is 12.4 Å². The van der Waals surface area contributed by atoms with Gasteiger partial charge in [0.25, 0.3) is 0 Å². The van der Waals surface area contributed by atoms with Crippen LogP contribution in [0.5, 0.6) is 5.75 Å². The van der Waals surface area contributed by atoms with E-state index in [1.165, 1.54) is 12.1 Å². The number of aryl methyl sites for hydroxylation is 1. The Morgan fingerprint density at radius 1 is 1.25 bits per heavy atom. The van der Waals surface area contributed by atoms with Gasteiger partial charge < -0.3 is 4.74 Å². The molecular formula is C15H18FN3O. The second-order valence-corrected chi connectivity index (χ2v) is 4.55. The van der Waals surface area contributed by atoms with Gasteiger partial charge in [-0.05, 0) is 48.7 Å². The molecule has 2 aromatic rings. The molecule has 0 saturated carbocycles. The van der Waals surface area contributed by atoms with Gasteiger partial charge in [-0.15, -0.1) is 0 Å². The molecule has 0 saturated heterocycles. The smallest absolute Gasteiger partial charge is 0.137 e. The molecule has 2 rings (SSSR count). The summed E-state index contributed by atoms with van der Waals surface area (Å²) in [5, 5.41) is 0.